The molecule has 0 aromatic heterocycles. The first-order chi connectivity index (χ1) is 7.28. The maximum Gasteiger partial charge on any atom is 0.0991 e. The summed E-state index contributed by atoms with van der Waals surface area (Å²) in [7, 11) is 0. The van der Waals surface area contributed by atoms with Crippen LogP contribution in [0.4, 0.5) is 5.69 Å². The highest BCUT2D eigenvalue weighted by atomic mass is 16.3. The van der Waals surface area contributed by atoms with Gasteiger partial charge in [-0.15, -0.1) is 0 Å². The van der Waals surface area contributed by atoms with Gasteiger partial charge in [0.2, 0.25) is 0 Å². The molecule has 1 aromatic carbocycles. The number of benzene rings is 1. The van der Waals surface area contributed by atoms with Crippen LogP contribution in [0, 0.1) is 17.2 Å². The number of anilines is 1. The summed E-state index contributed by atoms with van der Waals surface area (Å²) in [5.41, 5.74) is 1.72. The second-order valence-electron chi connectivity index (χ2n) is 4.06. The molecule has 2 N–H and O–H groups in total. The number of rotatable bonds is 3. The van der Waals surface area contributed by atoms with E-state index in [2.05, 4.69) is 11.4 Å². The van der Waals surface area contributed by atoms with Crippen LogP contribution in [0.25, 0.3) is 0 Å². The van der Waals surface area contributed by atoms with Gasteiger partial charge in [0.15, 0.2) is 0 Å². The van der Waals surface area contributed by atoms with Crippen molar-refractivity contribution < 1.29 is 5.11 Å². The summed E-state index contributed by atoms with van der Waals surface area (Å²) in [5.74, 6) is 0.593. The molecule has 2 rings (SSSR count). The molecule has 0 bridgehead atoms. The zero-order chi connectivity index (χ0) is 10.7. The molecular weight excluding hydrogens is 188 g/mol. The van der Waals surface area contributed by atoms with Crippen molar-refractivity contribution in [2.75, 3.05) is 11.9 Å². The van der Waals surface area contributed by atoms with Crippen molar-refractivity contribution in [2.24, 2.45) is 5.92 Å². The number of nitriles is 1. The monoisotopic (exact) mass is 202 g/mol. The predicted octanol–water partition coefficient (Wildman–Crippen LogP) is 1.74. The smallest absolute Gasteiger partial charge is 0.0991 e. The number of aliphatic hydroxyl groups is 1. The Morgan fingerprint density at radius 1 is 1.33 bits per heavy atom. The van der Waals surface area contributed by atoms with Crippen molar-refractivity contribution in [1.82, 2.24) is 0 Å². The van der Waals surface area contributed by atoms with Gasteiger partial charge in [-0.05, 0) is 43.0 Å². The van der Waals surface area contributed by atoms with Gasteiger partial charge in [0.1, 0.15) is 0 Å². The van der Waals surface area contributed by atoms with E-state index in [0.717, 1.165) is 25.1 Å². The van der Waals surface area contributed by atoms with Crippen molar-refractivity contribution in [3.05, 3.63) is 29.8 Å². The first-order valence-corrected chi connectivity index (χ1v) is 5.20. The molecule has 0 unspecified atom stereocenters. The Bertz CT molecular complexity index is 360. The molecule has 0 aliphatic heterocycles. The van der Waals surface area contributed by atoms with Crippen molar-refractivity contribution in [3.8, 4) is 6.07 Å². The first-order valence-electron chi connectivity index (χ1n) is 5.20. The summed E-state index contributed by atoms with van der Waals surface area (Å²) in [5, 5.41) is 21.0. The van der Waals surface area contributed by atoms with E-state index in [-0.39, 0.29) is 6.10 Å². The van der Waals surface area contributed by atoms with Gasteiger partial charge in [0.05, 0.1) is 17.7 Å². The van der Waals surface area contributed by atoms with Gasteiger partial charge in [-0.2, -0.15) is 5.26 Å². The van der Waals surface area contributed by atoms with Crippen LogP contribution >= 0.6 is 0 Å². The molecule has 1 aromatic rings. The van der Waals surface area contributed by atoms with Crippen LogP contribution in [-0.4, -0.2) is 17.8 Å². The van der Waals surface area contributed by atoms with Gasteiger partial charge in [-0.25, -0.2) is 0 Å². The third-order valence-corrected chi connectivity index (χ3v) is 2.82. The van der Waals surface area contributed by atoms with Crippen LogP contribution in [0.5, 0.6) is 0 Å². The topological polar surface area (TPSA) is 56.0 Å². The Morgan fingerprint density at radius 2 is 2.00 bits per heavy atom. The SMILES string of the molecule is N#Cc1ccc(NCC2CC(O)C2)cc1. The molecular formula is C12H14N2O. The highest BCUT2D eigenvalue weighted by molar-refractivity contribution is 5.47. The maximum atomic E-state index is 9.12. The quantitative estimate of drug-likeness (QED) is 0.785. The lowest BCUT2D eigenvalue weighted by molar-refractivity contribution is 0.0487. The number of aliphatic hydroxyl groups excluding tert-OH is 1. The molecule has 3 heteroatoms. The third-order valence-electron chi connectivity index (χ3n) is 2.82. The van der Waals surface area contributed by atoms with E-state index in [1.165, 1.54) is 0 Å². The summed E-state index contributed by atoms with van der Waals surface area (Å²) in [6.45, 7) is 0.906. The molecule has 1 fully saturated rings. The van der Waals surface area contributed by atoms with Crippen molar-refractivity contribution in [3.63, 3.8) is 0 Å². The van der Waals surface area contributed by atoms with Gasteiger partial charge in [-0.3, -0.25) is 0 Å². The van der Waals surface area contributed by atoms with Gasteiger partial charge >= 0.3 is 0 Å². The maximum absolute atomic E-state index is 9.12. The number of hydrogen-bond donors (Lipinski definition) is 2. The van der Waals surface area contributed by atoms with Crippen molar-refractivity contribution in [1.29, 1.82) is 5.26 Å². The van der Waals surface area contributed by atoms with Gasteiger partial charge < -0.3 is 10.4 Å². The molecule has 0 atom stereocenters. The average molecular weight is 202 g/mol. The number of hydrogen-bond acceptors (Lipinski definition) is 3. The second-order valence-corrected chi connectivity index (χ2v) is 4.06. The lowest BCUT2D eigenvalue weighted by Crippen LogP contribution is -2.33. The molecule has 78 valence electrons. The Hall–Kier alpha value is -1.53. The summed E-state index contributed by atoms with van der Waals surface area (Å²) in [4.78, 5) is 0. The molecule has 0 radical (unpaired) electrons. The lowest BCUT2D eigenvalue weighted by atomic mass is 9.82. The fourth-order valence-electron chi connectivity index (χ4n) is 1.79. The van der Waals surface area contributed by atoms with E-state index in [1.54, 1.807) is 12.1 Å². The Labute approximate surface area is 89.4 Å². The standard InChI is InChI=1S/C12H14N2O/c13-7-9-1-3-11(4-2-9)14-8-10-5-12(15)6-10/h1-4,10,12,14-15H,5-6,8H2. The third kappa shape index (κ3) is 2.48. The molecule has 1 aliphatic carbocycles. The fraction of sp³-hybridized carbons (Fsp3) is 0.417. The Morgan fingerprint density at radius 3 is 2.53 bits per heavy atom. The van der Waals surface area contributed by atoms with E-state index in [1.807, 2.05) is 12.1 Å². The highest BCUT2D eigenvalue weighted by Gasteiger charge is 2.26. The molecule has 0 spiro atoms. The minimum Gasteiger partial charge on any atom is -0.393 e. The van der Waals surface area contributed by atoms with Gasteiger partial charge in [-0.1, -0.05) is 0 Å². The van der Waals surface area contributed by atoms with Crippen molar-refractivity contribution in [2.45, 2.75) is 18.9 Å². The molecule has 1 aliphatic rings. The zero-order valence-corrected chi connectivity index (χ0v) is 8.48. The minimum atomic E-state index is -0.0854. The first kappa shape index (κ1) is 10.0. The van der Waals surface area contributed by atoms with E-state index < -0.39 is 0 Å². The van der Waals surface area contributed by atoms with Crippen LogP contribution in [-0.2, 0) is 0 Å². The van der Waals surface area contributed by atoms with E-state index in [9.17, 15) is 0 Å². The minimum absolute atomic E-state index is 0.0854. The molecule has 1 saturated carbocycles. The van der Waals surface area contributed by atoms with Gasteiger partial charge in [0.25, 0.3) is 0 Å². The number of nitrogens with zero attached hydrogens (tertiary/aromatic N) is 1. The van der Waals surface area contributed by atoms with Crippen LogP contribution in [0.2, 0.25) is 0 Å². The molecule has 15 heavy (non-hydrogen) atoms. The molecule has 0 saturated heterocycles. The Kier molecular flexibility index (Phi) is 2.89. The highest BCUT2D eigenvalue weighted by Crippen LogP contribution is 2.27. The van der Waals surface area contributed by atoms with Crippen LogP contribution in [0.1, 0.15) is 18.4 Å². The van der Waals surface area contributed by atoms with E-state index in [0.29, 0.717) is 11.5 Å². The Balaban J connectivity index is 1.81. The largest absolute Gasteiger partial charge is 0.393 e. The fourth-order valence-corrected chi connectivity index (χ4v) is 1.79. The second kappa shape index (κ2) is 4.33. The average Bonchev–Trinajstić information content (AvgIpc) is 2.23. The van der Waals surface area contributed by atoms with Crippen LogP contribution in [0.15, 0.2) is 24.3 Å². The lowest BCUT2D eigenvalue weighted by Gasteiger charge is -2.31. The summed E-state index contributed by atoms with van der Waals surface area (Å²) >= 11 is 0. The summed E-state index contributed by atoms with van der Waals surface area (Å²) in [6.07, 6.45) is 1.73. The van der Waals surface area contributed by atoms with Gasteiger partial charge in [0, 0.05) is 12.2 Å². The number of nitrogens with one attached hydrogen (secondary N) is 1. The summed E-state index contributed by atoms with van der Waals surface area (Å²) in [6, 6.07) is 9.51. The zero-order valence-electron chi connectivity index (χ0n) is 8.48. The molecule has 0 amide bonds. The summed E-state index contributed by atoms with van der Waals surface area (Å²) < 4.78 is 0. The van der Waals surface area contributed by atoms with Crippen molar-refractivity contribution >= 4 is 5.69 Å². The van der Waals surface area contributed by atoms with E-state index in [4.69, 9.17) is 10.4 Å². The normalized spacial score (nSPS) is 24.0. The molecule has 3 nitrogen and oxygen atoms in total. The molecule has 0 heterocycles. The van der Waals surface area contributed by atoms with Crippen LogP contribution < -0.4 is 5.32 Å². The predicted molar refractivity (Wildman–Crippen MR) is 58.4 cm³/mol. The van der Waals surface area contributed by atoms with E-state index >= 15 is 0 Å². The van der Waals surface area contributed by atoms with Crippen LogP contribution in [0.3, 0.4) is 0 Å².